The number of nitrogens with one attached hydrogen (secondary N) is 1. The molecule has 1 saturated carbocycles. The Morgan fingerprint density at radius 1 is 1.03 bits per heavy atom. The van der Waals surface area contributed by atoms with E-state index >= 15 is 0 Å². The maximum absolute atomic E-state index is 14.0. The molecule has 0 spiro atoms. The summed E-state index contributed by atoms with van der Waals surface area (Å²) in [7, 11) is -2.26. The molecule has 0 aromatic heterocycles. The maximum atomic E-state index is 14.0. The monoisotopic (exact) mass is 551 g/mol. The van der Waals surface area contributed by atoms with Gasteiger partial charge in [0.2, 0.25) is 21.8 Å². The second-order valence-electron chi connectivity index (χ2n) is 10.1. The number of methoxy groups -OCH3 is 1. The molecule has 208 valence electrons. The Bertz CT molecular complexity index is 1410. The smallest absolute Gasteiger partial charge is 0.244 e. The highest BCUT2D eigenvalue weighted by Gasteiger charge is 2.33. The first kappa shape index (κ1) is 28.4. The Labute approximate surface area is 231 Å². The van der Waals surface area contributed by atoms with E-state index in [0.717, 1.165) is 52.6 Å². The molecule has 39 heavy (non-hydrogen) atoms. The van der Waals surface area contributed by atoms with Crippen LogP contribution in [0.25, 0.3) is 10.8 Å². The third-order valence-electron chi connectivity index (χ3n) is 7.29. The lowest BCUT2D eigenvalue weighted by Gasteiger charge is -2.33. The van der Waals surface area contributed by atoms with Crippen molar-refractivity contribution in [2.75, 3.05) is 24.2 Å². The molecule has 2 amide bonds. The van der Waals surface area contributed by atoms with E-state index in [1.165, 1.54) is 4.90 Å². The van der Waals surface area contributed by atoms with E-state index < -0.39 is 28.5 Å². The number of nitrogens with zero attached hydrogens (tertiary/aromatic N) is 2. The van der Waals surface area contributed by atoms with Gasteiger partial charge in [0.25, 0.3) is 0 Å². The third kappa shape index (κ3) is 6.89. The number of carbonyl (C=O) groups excluding carboxylic acids is 2. The van der Waals surface area contributed by atoms with Gasteiger partial charge in [-0.15, -0.1) is 0 Å². The summed E-state index contributed by atoms with van der Waals surface area (Å²) >= 11 is 0. The first-order chi connectivity index (χ1) is 18.7. The minimum Gasteiger partial charge on any atom is -0.497 e. The van der Waals surface area contributed by atoms with E-state index in [0.29, 0.717) is 17.9 Å². The summed E-state index contributed by atoms with van der Waals surface area (Å²) in [4.78, 5) is 29.0. The first-order valence-electron chi connectivity index (χ1n) is 13.4. The molecule has 1 atom stereocenters. The normalized spacial score (nSPS) is 14.6. The lowest BCUT2D eigenvalue weighted by Crippen LogP contribution is -2.53. The highest BCUT2D eigenvalue weighted by molar-refractivity contribution is 7.92. The molecule has 9 heteroatoms. The van der Waals surface area contributed by atoms with Crippen LogP contribution in [0.3, 0.4) is 0 Å². The Morgan fingerprint density at radius 2 is 1.72 bits per heavy atom. The highest BCUT2D eigenvalue weighted by atomic mass is 32.2. The lowest BCUT2D eigenvalue weighted by atomic mass is 10.1. The van der Waals surface area contributed by atoms with Crippen LogP contribution in [0.15, 0.2) is 66.7 Å². The van der Waals surface area contributed by atoms with Gasteiger partial charge in [-0.2, -0.15) is 0 Å². The average Bonchev–Trinajstić information content (AvgIpc) is 3.43. The predicted molar refractivity (Wildman–Crippen MR) is 154 cm³/mol. The van der Waals surface area contributed by atoms with Crippen LogP contribution < -0.4 is 14.4 Å². The van der Waals surface area contributed by atoms with Gasteiger partial charge in [0.1, 0.15) is 18.3 Å². The van der Waals surface area contributed by atoms with Gasteiger partial charge in [0, 0.05) is 18.0 Å². The number of hydrogen-bond acceptors (Lipinski definition) is 5. The van der Waals surface area contributed by atoms with Gasteiger partial charge in [-0.3, -0.25) is 13.9 Å². The zero-order valence-corrected chi connectivity index (χ0v) is 23.6. The zero-order chi connectivity index (χ0) is 28.0. The van der Waals surface area contributed by atoms with Crippen LogP contribution in [-0.2, 0) is 26.2 Å². The van der Waals surface area contributed by atoms with Crippen molar-refractivity contribution < 1.29 is 22.7 Å². The molecule has 8 nitrogen and oxygen atoms in total. The van der Waals surface area contributed by atoms with Gasteiger partial charge in [-0.1, -0.05) is 68.3 Å². The van der Waals surface area contributed by atoms with Crippen molar-refractivity contribution in [3.8, 4) is 5.75 Å². The number of sulfonamides is 1. The van der Waals surface area contributed by atoms with Crippen molar-refractivity contribution in [1.29, 1.82) is 0 Å². The fourth-order valence-corrected chi connectivity index (χ4v) is 6.14. The number of fused-ring (bicyclic) bond motifs is 1. The summed E-state index contributed by atoms with van der Waals surface area (Å²) in [6.07, 6.45) is 5.48. The standard InChI is InChI=1S/C30H37N3O5S/c1-4-27(30(35)31-24-14-6-7-15-24)32(20-22-11-9-16-25(19-22)38-2)29(34)21-33(39(3,36)37)28-18-10-13-23-12-5-8-17-26(23)28/h5,8-13,16-19,24,27H,4,6-7,14-15,20-21H2,1-3H3,(H,31,35)/t27-/m0/s1. The van der Waals surface area contributed by atoms with Crippen LogP contribution in [0.4, 0.5) is 5.69 Å². The van der Waals surface area contributed by atoms with Gasteiger partial charge in [-0.05, 0) is 48.4 Å². The summed E-state index contributed by atoms with van der Waals surface area (Å²) < 4.78 is 32.6. The lowest BCUT2D eigenvalue weighted by molar-refractivity contribution is -0.140. The van der Waals surface area contributed by atoms with Gasteiger partial charge < -0.3 is 15.0 Å². The molecule has 0 aliphatic heterocycles. The summed E-state index contributed by atoms with van der Waals surface area (Å²) in [5.41, 5.74) is 1.21. The van der Waals surface area contributed by atoms with E-state index in [4.69, 9.17) is 4.74 Å². The molecule has 1 aliphatic rings. The van der Waals surface area contributed by atoms with E-state index in [2.05, 4.69) is 5.32 Å². The van der Waals surface area contributed by atoms with Crippen LogP contribution >= 0.6 is 0 Å². The van der Waals surface area contributed by atoms with Gasteiger partial charge in [-0.25, -0.2) is 8.42 Å². The molecule has 0 bridgehead atoms. The van der Waals surface area contributed by atoms with E-state index in [9.17, 15) is 18.0 Å². The van der Waals surface area contributed by atoms with E-state index in [-0.39, 0.29) is 18.5 Å². The minimum absolute atomic E-state index is 0.100. The molecule has 0 radical (unpaired) electrons. The van der Waals surface area contributed by atoms with Crippen molar-refractivity contribution in [3.05, 3.63) is 72.3 Å². The summed E-state index contributed by atoms with van der Waals surface area (Å²) in [6.45, 7) is 1.58. The molecule has 1 N–H and O–H groups in total. The minimum atomic E-state index is -3.83. The van der Waals surface area contributed by atoms with Crippen LogP contribution in [0.2, 0.25) is 0 Å². The third-order valence-corrected chi connectivity index (χ3v) is 8.42. The number of anilines is 1. The quantitative estimate of drug-likeness (QED) is 0.379. The Hall–Kier alpha value is -3.59. The average molecular weight is 552 g/mol. The van der Waals surface area contributed by atoms with Gasteiger partial charge >= 0.3 is 0 Å². The van der Waals surface area contributed by atoms with Crippen LogP contribution in [0.5, 0.6) is 5.75 Å². The first-order valence-corrected chi connectivity index (χ1v) is 15.2. The van der Waals surface area contributed by atoms with Crippen molar-refractivity contribution >= 4 is 38.3 Å². The number of hydrogen-bond donors (Lipinski definition) is 1. The number of ether oxygens (including phenoxy) is 1. The van der Waals surface area contributed by atoms with Crippen LogP contribution in [-0.4, -0.2) is 57.1 Å². The predicted octanol–water partition coefficient (Wildman–Crippen LogP) is 4.48. The van der Waals surface area contributed by atoms with Gasteiger partial charge in [0.05, 0.1) is 19.1 Å². The summed E-state index contributed by atoms with van der Waals surface area (Å²) in [5.74, 6) is -0.0295. The van der Waals surface area contributed by atoms with Crippen molar-refractivity contribution in [2.45, 2.75) is 57.7 Å². The molecular weight excluding hydrogens is 514 g/mol. The summed E-state index contributed by atoms with van der Waals surface area (Å²) in [5, 5.41) is 4.72. The Kier molecular flexibility index (Phi) is 9.12. The largest absolute Gasteiger partial charge is 0.497 e. The Balaban J connectivity index is 1.69. The van der Waals surface area contributed by atoms with Crippen LogP contribution in [0, 0.1) is 0 Å². The molecule has 0 heterocycles. The number of carbonyl (C=O) groups is 2. The van der Waals surface area contributed by atoms with E-state index in [1.807, 2.05) is 61.5 Å². The number of rotatable bonds is 11. The topological polar surface area (TPSA) is 96.0 Å². The molecule has 0 unspecified atom stereocenters. The second kappa shape index (κ2) is 12.5. The fourth-order valence-electron chi connectivity index (χ4n) is 5.28. The molecule has 4 rings (SSSR count). The second-order valence-corrected chi connectivity index (χ2v) is 12.0. The molecule has 1 fully saturated rings. The fraction of sp³-hybridized carbons (Fsp3) is 0.400. The molecule has 0 saturated heterocycles. The van der Waals surface area contributed by atoms with Gasteiger partial charge in [0.15, 0.2) is 0 Å². The SMILES string of the molecule is CC[C@@H](C(=O)NC1CCCC1)N(Cc1cccc(OC)c1)C(=O)CN(c1cccc2ccccc12)S(C)(=O)=O. The highest BCUT2D eigenvalue weighted by Crippen LogP contribution is 2.29. The van der Waals surface area contributed by atoms with E-state index in [1.54, 1.807) is 19.2 Å². The number of benzene rings is 3. The molecule has 3 aromatic carbocycles. The van der Waals surface area contributed by atoms with Crippen molar-refractivity contribution in [2.24, 2.45) is 0 Å². The summed E-state index contributed by atoms with van der Waals surface area (Å²) in [6, 6.07) is 19.5. The molecule has 1 aliphatic carbocycles. The molecular formula is C30H37N3O5S. The number of amides is 2. The van der Waals surface area contributed by atoms with Crippen LogP contribution in [0.1, 0.15) is 44.6 Å². The zero-order valence-electron chi connectivity index (χ0n) is 22.8. The maximum Gasteiger partial charge on any atom is 0.244 e. The molecule has 3 aromatic rings. The van der Waals surface area contributed by atoms with Crippen molar-refractivity contribution in [1.82, 2.24) is 10.2 Å². The Morgan fingerprint density at radius 3 is 2.41 bits per heavy atom. The van der Waals surface area contributed by atoms with Crippen molar-refractivity contribution in [3.63, 3.8) is 0 Å².